The van der Waals surface area contributed by atoms with Crippen LogP contribution in [-0.4, -0.2) is 10.9 Å². The highest BCUT2D eigenvalue weighted by molar-refractivity contribution is 7.32. The molecule has 0 aliphatic heterocycles. The minimum absolute atomic E-state index is 0.377. The van der Waals surface area contributed by atoms with E-state index in [1.54, 1.807) is 6.07 Å². The molecule has 0 radical (unpaired) electrons. The van der Waals surface area contributed by atoms with E-state index >= 15 is 0 Å². The van der Waals surface area contributed by atoms with Crippen molar-refractivity contribution in [3.05, 3.63) is 34.9 Å². The van der Waals surface area contributed by atoms with Crippen LogP contribution in [0.1, 0.15) is 61.0 Å². The first-order chi connectivity index (χ1) is 9.58. The van der Waals surface area contributed by atoms with Crippen molar-refractivity contribution in [1.29, 1.82) is 0 Å². The molecule has 1 aromatic carbocycles. The average Bonchev–Trinajstić information content (AvgIpc) is 2.42. The lowest BCUT2D eigenvalue weighted by Gasteiger charge is -2.07. The summed E-state index contributed by atoms with van der Waals surface area (Å²) in [5, 5.41) is 0. The first-order valence-electron chi connectivity index (χ1n) is 7.08. The monoisotopic (exact) mass is 297 g/mol. The molecule has 0 fully saturated rings. The zero-order valence-electron chi connectivity index (χ0n) is 12.1. The molecule has 1 rings (SSSR count). The molecule has 0 saturated heterocycles. The van der Waals surface area contributed by atoms with Crippen molar-refractivity contribution >= 4 is 14.2 Å². The highest BCUT2D eigenvalue weighted by atomic mass is 31.1. The average molecular weight is 297 g/mol. The van der Waals surface area contributed by atoms with E-state index in [0.29, 0.717) is 12.0 Å². The topological polar surface area (TPSA) is 63.6 Å². The maximum atomic E-state index is 11.7. The summed E-state index contributed by atoms with van der Waals surface area (Å²) in [6.45, 7) is 4.13. The lowest BCUT2D eigenvalue weighted by atomic mass is 9.98. The Bertz CT molecular complexity index is 471. The Hall–Kier alpha value is -1.25. The van der Waals surface area contributed by atoms with Crippen molar-refractivity contribution < 1.29 is 18.8 Å². The highest BCUT2D eigenvalue weighted by Gasteiger charge is 2.23. The minimum Gasteiger partial charge on any atom is -0.241 e. The summed E-state index contributed by atoms with van der Waals surface area (Å²) in [6.07, 6.45) is 6.50. The van der Waals surface area contributed by atoms with Gasteiger partial charge in [0.05, 0.1) is 5.56 Å². The summed E-state index contributed by atoms with van der Waals surface area (Å²) in [6, 6.07) is 5.58. The molecule has 0 spiro atoms. The number of aryl methyl sites for hydroxylation is 2. The Morgan fingerprint density at radius 3 is 2.60 bits per heavy atom. The number of carbonyl (C=O) groups is 1. The van der Waals surface area contributed by atoms with E-state index in [0.717, 1.165) is 18.4 Å². The Labute approximate surface area is 121 Å². The van der Waals surface area contributed by atoms with Gasteiger partial charge in [-0.15, -0.1) is 4.89 Å². The van der Waals surface area contributed by atoms with Gasteiger partial charge in [-0.25, -0.2) is 4.79 Å². The second-order valence-corrected chi connectivity index (χ2v) is 5.43. The van der Waals surface area contributed by atoms with Crippen LogP contribution >= 0.6 is 8.25 Å². The summed E-state index contributed by atoms with van der Waals surface area (Å²) in [7, 11) is -2.90. The third-order valence-corrected chi connectivity index (χ3v) is 3.57. The molecular formula is C15H22O4P+. The van der Waals surface area contributed by atoms with E-state index in [-0.39, 0.29) is 0 Å². The summed E-state index contributed by atoms with van der Waals surface area (Å²) in [5.74, 6) is -0.733. The highest BCUT2D eigenvalue weighted by Crippen LogP contribution is 2.22. The predicted molar refractivity (Wildman–Crippen MR) is 78.9 cm³/mol. The molecule has 1 N–H and O–H groups in total. The van der Waals surface area contributed by atoms with Crippen LogP contribution in [0.15, 0.2) is 18.2 Å². The van der Waals surface area contributed by atoms with Crippen LogP contribution < -0.4 is 0 Å². The second kappa shape index (κ2) is 8.83. The van der Waals surface area contributed by atoms with Crippen LogP contribution in [0.5, 0.6) is 0 Å². The van der Waals surface area contributed by atoms with Crippen molar-refractivity contribution in [3.63, 3.8) is 0 Å². The standard InChI is InChI=1S/C15H21O4P/c1-3-5-6-7-8-12-9-10-14(13(4-2)11-12)15(16)19-20(17)18/h9-11H,3-8H2,1-2H3/p+1. The summed E-state index contributed by atoms with van der Waals surface area (Å²) in [4.78, 5) is 20.3. The molecule has 0 aliphatic carbocycles. The van der Waals surface area contributed by atoms with Gasteiger partial charge in [-0.1, -0.05) is 45.2 Å². The zero-order chi connectivity index (χ0) is 15.0. The van der Waals surface area contributed by atoms with E-state index in [1.165, 1.54) is 24.8 Å². The number of hydrogen-bond acceptors (Lipinski definition) is 3. The van der Waals surface area contributed by atoms with Gasteiger partial charge in [0, 0.05) is 4.57 Å². The second-order valence-electron chi connectivity index (χ2n) is 4.77. The van der Waals surface area contributed by atoms with Crippen molar-refractivity contribution in [3.8, 4) is 0 Å². The first kappa shape index (κ1) is 16.8. The van der Waals surface area contributed by atoms with E-state index in [9.17, 15) is 9.36 Å². The smallest absolute Gasteiger partial charge is 0.241 e. The molecule has 4 nitrogen and oxygen atoms in total. The third kappa shape index (κ3) is 5.40. The van der Waals surface area contributed by atoms with Gasteiger partial charge in [-0.3, -0.25) is 0 Å². The van der Waals surface area contributed by atoms with Gasteiger partial charge in [0.2, 0.25) is 0 Å². The molecule has 0 aromatic heterocycles. The Balaban J connectivity index is 2.74. The van der Waals surface area contributed by atoms with E-state index in [1.807, 2.05) is 19.1 Å². The number of hydrogen-bond donors (Lipinski definition) is 1. The molecule has 20 heavy (non-hydrogen) atoms. The Morgan fingerprint density at radius 1 is 1.25 bits per heavy atom. The maximum absolute atomic E-state index is 11.7. The minimum atomic E-state index is -2.90. The van der Waals surface area contributed by atoms with E-state index in [2.05, 4.69) is 11.4 Å². The van der Waals surface area contributed by atoms with Gasteiger partial charge < -0.3 is 0 Å². The molecule has 0 amide bonds. The number of carbonyl (C=O) groups excluding carboxylic acids is 1. The zero-order valence-corrected chi connectivity index (χ0v) is 13.0. The van der Waals surface area contributed by atoms with Crippen LogP contribution in [0.25, 0.3) is 0 Å². The largest absolute Gasteiger partial charge is 0.750 e. The van der Waals surface area contributed by atoms with Crippen molar-refractivity contribution in [2.24, 2.45) is 0 Å². The Kier molecular flexibility index (Phi) is 7.42. The molecule has 0 saturated carbocycles. The molecule has 1 unspecified atom stereocenters. The first-order valence-corrected chi connectivity index (χ1v) is 8.21. The third-order valence-electron chi connectivity index (χ3n) is 3.25. The molecular weight excluding hydrogens is 275 g/mol. The molecule has 5 heteroatoms. The molecule has 0 bridgehead atoms. The lowest BCUT2D eigenvalue weighted by molar-refractivity contribution is 0.0729. The van der Waals surface area contributed by atoms with Crippen LogP contribution in [0.3, 0.4) is 0 Å². The number of unbranched alkanes of at least 4 members (excludes halogenated alkanes) is 3. The fourth-order valence-corrected chi connectivity index (χ4v) is 2.41. The van der Waals surface area contributed by atoms with Gasteiger partial charge >= 0.3 is 14.2 Å². The van der Waals surface area contributed by atoms with Crippen LogP contribution in [0, 0.1) is 0 Å². The molecule has 110 valence electrons. The molecule has 0 heterocycles. The van der Waals surface area contributed by atoms with Gasteiger partial charge in [-0.2, -0.15) is 4.52 Å². The molecule has 0 aliphatic rings. The summed E-state index contributed by atoms with van der Waals surface area (Å²) in [5.41, 5.74) is 2.44. The van der Waals surface area contributed by atoms with E-state index in [4.69, 9.17) is 4.89 Å². The lowest BCUT2D eigenvalue weighted by Crippen LogP contribution is -2.05. The predicted octanol–water partition coefficient (Wildman–Crippen LogP) is 4.18. The van der Waals surface area contributed by atoms with Gasteiger partial charge in [0.1, 0.15) is 0 Å². The van der Waals surface area contributed by atoms with Gasteiger partial charge in [0.25, 0.3) is 0 Å². The van der Waals surface area contributed by atoms with Crippen molar-refractivity contribution in [1.82, 2.24) is 0 Å². The SMILES string of the molecule is CCCCCCc1ccc(C(=O)O[P+](=O)O)c(CC)c1. The van der Waals surface area contributed by atoms with Crippen LogP contribution in [-0.2, 0) is 21.9 Å². The van der Waals surface area contributed by atoms with Gasteiger partial charge in [0.15, 0.2) is 0 Å². The fraction of sp³-hybridized carbons (Fsp3) is 0.533. The maximum Gasteiger partial charge on any atom is 0.750 e. The van der Waals surface area contributed by atoms with Crippen molar-refractivity contribution in [2.75, 3.05) is 0 Å². The summed E-state index contributed by atoms with van der Waals surface area (Å²) >= 11 is 0. The molecule has 1 aromatic rings. The Morgan fingerprint density at radius 2 is 2.00 bits per heavy atom. The van der Waals surface area contributed by atoms with Crippen LogP contribution in [0.2, 0.25) is 0 Å². The quantitative estimate of drug-likeness (QED) is 0.577. The number of benzene rings is 1. The van der Waals surface area contributed by atoms with Crippen molar-refractivity contribution in [2.45, 2.75) is 52.4 Å². The fourth-order valence-electron chi connectivity index (χ4n) is 2.17. The van der Waals surface area contributed by atoms with Gasteiger partial charge in [-0.05, 0) is 36.5 Å². The normalized spacial score (nSPS) is 11.2. The number of rotatable bonds is 8. The van der Waals surface area contributed by atoms with E-state index < -0.39 is 14.2 Å². The van der Waals surface area contributed by atoms with Crippen LogP contribution in [0.4, 0.5) is 0 Å². The summed E-state index contributed by atoms with van der Waals surface area (Å²) < 4.78 is 14.9. The molecule has 1 atom stereocenters.